The lowest BCUT2D eigenvalue weighted by molar-refractivity contribution is 0.0955. The van der Waals surface area contributed by atoms with Gasteiger partial charge in [-0.3, -0.25) is 9.36 Å². The van der Waals surface area contributed by atoms with Gasteiger partial charge in [-0.1, -0.05) is 0 Å². The molecule has 8 heteroatoms. The van der Waals surface area contributed by atoms with Crippen LogP contribution in [0.4, 0.5) is 5.82 Å². The average Bonchev–Trinajstić information content (AvgIpc) is 3.04. The van der Waals surface area contributed by atoms with E-state index in [1.807, 2.05) is 24.5 Å². The number of benzene rings is 1. The molecule has 0 saturated carbocycles. The molecule has 8 nitrogen and oxygen atoms in total. The zero-order valence-electron chi connectivity index (χ0n) is 15.6. The van der Waals surface area contributed by atoms with E-state index in [-0.39, 0.29) is 5.91 Å². The van der Waals surface area contributed by atoms with Crippen molar-refractivity contribution in [3.63, 3.8) is 0 Å². The third-order valence-corrected chi connectivity index (χ3v) is 4.22. The first kappa shape index (κ1) is 18.4. The van der Waals surface area contributed by atoms with Crippen molar-refractivity contribution in [3.8, 4) is 11.6 Å². The quantitative estimate of drug-likeness (QED) is 0.622. The van der Waals surface area contributed by atoms with Gasteiger partial charge in [0.25, 0.3) is 5.91 Å². The molecule has 0 aliphatic rings. The number of imidazole rings is 1. The summed E-state index contributed by atoms with van der Waals surface area (Å²) in [5.41, 5.74) is 2.59. The highest BCUT2D eigenvalue weighted by Crippen LogP contribution is 2.13. The fourth-order valence-electron chi connectivity index (χ4n) is 2.52. The van der Waals surface area contributed by atoms with Crippen LogP contribution < -0.4 is 15.4 Å². The van der Waals surface area contributed by atoms with Crippen LogP contribution in [-0.2, 0) is 0 Å². The molecule has 3 rings (SSSR count). The minimum atomic E-state index is -0.132. The topological polar surface area (TPSA) is 94.0 Å². The minimum Gasteiger partial charge on any atom is -0.497 e. The van der Waals surface area contributed by atoms with Crippen LogP contribution in [0.5, 0.6) is 5.75 Å². The van der Waals surface area contributed by atoms with Crippen molar-refractivity contribution in [3.05, 3.63) is 59.9 Å². The molecule has 1 amide bonds. The van der Waals surface area contributed by atoms with Gasteiger partial charge in [0.2, 0.25) is 0 Å². The van der Waals surface area contributed by atoms with E-state index in [1.54, 1.807) is 37.7 Å². The summed E-state index contributed by atoms with van der Waals surface area (Å²) in [6.45, 7) is 4.96. The maximum Gasteiger partial charge on any atom is 0.251 e. The summed E-state index contributed by atoms with van der Waals surface area (Å²) in [5.74, 6) is 2.01. The number of aromatic nitrogens is 4. The molecule has 0 saturated heterocycles. The first-order valence-electron chi connectivity index (χ1n) is 8.57. The van der Waals surface area contributed by atoms with Gasteiger partial charge in [-0.05, 0) is 38.1 Å². The van der Waals surface area contributed by atoms with Gasteiger partial charge in [0, 0.05) is 30.4 Å². The molecule has 0 aliphatic carbocycles. The van der Waals surface area contributed by atoms with Gasteiger partial charge in [0.05, 0.1) is 12.8 Å². The largest absolute Gasteiger partial charge is 0.497 e. The second-order valence-electron chi connectivity index (χ2n) is 5.96. The number of hydrogen-bond acceptors (Lipinski definition) is 6. The number of hydrogen-bond donors (Lipinski definition) is 2. The van der Waals surface area contributed by atoms with Gasteiger partial charge in [0.1, 0.15) is 30.0 Å². The van der Waals surface area contributed by atoms with Crippen molar-refractivity contribution >= 4 is 11.7 Å². The Kier molecular flexibility index (Phi) is 5.65. The molecule has 0 radical (unpaired) electrons. The lowest BCUT2D eigenvalue weighted by atomic mass is 10.2. The van der Waals surface area contributed by atoms with E-state index < -0.39 is 0 Å². The fraction of sp³-hybridized carbons (Fsp3) is 0.263. The van der Waals surface area contributed by atoms with Crippen molar-refractivity contribution in [2.45, 2.75) is 13.8 Å². The normalized spacial score (nSPS) is 10.5. The van der Waals surface area contributed by atoms with Gasteiger partial charge >= 0.3 is 0 Å². The number of rotatable bonds is 7. The first-order chi connectivity index (χ1) is 13.1. The van der Waals surface area contributed by atoms with Crippen molar-refractivity contribution < 1.29 is 9.53 Å². The van der Waals surface area contributed by atoms with E-state index in [4.69, 9.17) is 4.74 Å². The summed E-state index contributed by atoms with van der Waals surface area (Å²) in [4.78, 5) is 24.9. The Bertz CT molecular complexity index is 920. The molecule has 0 bridgehead atoms. The van der Waals surface area contributed by atoms with Crippen LogP contribution in [0.2, 0.25) is 0 Å². The average molecular weight is 366 g/mol. The molecule has 140 valence electrons. The number of carbonyl (C=O) groups is 1. The highest BCUT2D eigenvalue weighted by Gasteiger charge is 2.07. The van der Waals surface area contributed by atoms with Gasteiger partial charge in [-0.25, -0.2) is 15.0 Å². The summed E-state index contributed by atoms with van der Waals surface area (Å²) < 4.78 is 7.00. The zero-order chi connectivity index (χ0) is 19.2. The van der Waals surface area contributed by atoms with Gasteiger partial charge in [-0.15, -0.1) is 0 Å². The highest BCUT2D eigenvalue weighted by atomic mass is 16.5. The lowest BCUT2D eigenvalue weighted by Gasteiger charge is -2.09. The highest BCUT2D eigenvalue weighted by molar-refractivity contribution is 5.94. The van der Waals surface area contributed by atoms with Gasteiger partial charge in [-0.2, -0.15) is 0 Å². The molecule has 2 aromatic heterocycles. The summed E-state index contributed by atoms with van der Waals surface area (Å²) in [5, 5.41) is 6.05. The van der Waals surface area contributed by atoms with E-state index in [9.17, 15) is 4.79 Å². The van der Waals surface area contributed by atoms with E-state index in [0.29, 0.717) is 24.5 Å². The Balaban J connectivity index is 1.52. The van der Waals surface area contributed by atoms with Crippen molar-refractivity contribution in [2.75, 3.05) is 25.5 Å². The molecule has 27 heavy (non-hydrogen) atoms. The summed E-state index contributed by atoms with van der Waals surface area (Å²) in [7, 11) is 1.59. The van der Waals surface area contributed by atoms with Crippen LogP contribution in [0.15, 0.2) is 43.0 Å². The zero-order valence-corrected chi connectivity index (χ0v) is 15.6. The Morgan fingerprint density at radius 1 is 1.11 bits per heavy atom. The number of ether oxygens (including phenoxy) is 1. The first-order valence-corrected chi connectivity index (χ1v) is 8.57. The maximum absolute atomic E-state index is 12.1. The minimum absolute atomic E-state index is 0.132. The molecule has 0 fully saturated rings. The molecule has 0 aliphatic heterocycles. The smallest absolute Gasteiger partial charge is 0.251 e. The van der Waals surface area contributed by atoms with E-state index >= 15 is 0 Å². The number of methoxy groups -OCH3 is 1. The second kappa shape index (κ2) is 8.31. The molecular weight excluding hydrogens is 344 g/mol. The third kappa shape index (κ3) is 4.41. The van der Waals surface area contributed by atoms with E-state index in [2.05, 4.69) is 25.6 Å². The molecule has 0 spiro atoms. The monoisotopic (exact) mass is 366 g/mol. The van der Waals surface area contributed by atoms with Crippen LogP contribution in [0, 0.1) is 13.8 Å². The van der Waals surface area contributed by atoms with Gasteiger partial charge in [0.15, 0.2) is 0 Å². The Hall–Kier alpha value is -3.42. The van der Waals surface area contributed by atoms with Crippen LogP contribution in [0.1, 0.15) is 21.7 Å². The lowest BCUT2D eigenvalue weighted by Crippen LogP contribution is -2.28. The van der Waals surface area contributed by atoms with Crippen LogP contribution in [0.3, 0.4) is 0 Å². The number of nitrogens with zero attached hydrogens (tertiary/aromatic N) is 4. The maximum atomic E-state index is 12.1. The molecule has 2 N–H and O–H groups in total. The number of anilines is 1. The molecular formula is C19H22N6O2. The third-order valence-electron chi connectivity index (χ3n) is 4.22. The second-order valence-corrected chi connectivity index (χ2v) is 5.96. The molecule has 0 atom stereocenters. The molecule has 1 aromatic carbocycles. The molecule has 3 aromatic rings. The van der Waals surface area contributed by atoms with Crippen molar-refractivity contribution in [2.24, 2.45) is 0 Å². The Morgan fingerprint density at radius 3 is 2.56 bits per heavy atom. The summed E-state index contributed by atoms with van der Waals surface area (Å²) in [6, 6.07) is 8.83. The number of aryl methyl sites for hydroxylation is 1. The standard InChI is InChI=1S/C19H22N6O2/c1-13-14(2)25(12-24-13)18-10-17(22-11-23-18)20-8-9-21-19(26)15-4-6-16(27-3)7-5-15/h4-7,10-12H,8-9H2,1-3H3,(H,21,26)(H,20,22,23). The number of carbonyl (C=O) groups excluding carboxylic acids is 1. The predicted octanol–water partition coefficient (Wildman–Crippen LogP) is 2.13. The SMILES string of the molecule is COc1ccc(C(=O)NCCNc2cc(-n3cnc(C)c3C)ncn2)cc1. The molecule has 2 heterocycles. The Morgan fingerprint density at radius 2 is 1.89 bits per heavy atom. The van der Waals surface area contributed by atoms with E-state index in [0.717, 1.165) is 23.0 Å². The van der Waals surface area contributed by atoms with Crippen molar-refractivity contribution in [1.82, 2.24) is 24.8 Å². The van der Waals surface area contributed by atoms with E-state index in [1.165, 1.54) is 6.33 Å². The van der Waals surface area contributed by atoms with Crippen LogP contribution in [0.25, 0.3) is 5.82 Å². The van der Waals surface area contributed by atoms with Crippen LogP contribution >= 0.6 is 0 Å². The predicted molar refractivity (Wildman–Crippen MR) is 102 cm³/mol. The summed E-state index contributed by atoms with van der Waals surface area (Å²) >= 11 is 0. The van der Waals surface area contributed by atoms with Crippen molar-refractivity contribution in [1.29, 1.82) is 0 Å². The van der Waals surface area contributed by atoms with Crippen LogP contribution in [-0.4, -0.2) is 45.6 Å². The summed E-state index contributed by atoms with van der Waals surface area (Å²) in [6.07, 6.45) is 3.24. The fourth-order valence-corrected chi connectivity index (χ4v) is 2.52. The van der Waals surface area contributed by atoms with Gasteiger partial charge < -0.3 is 15.4 Å². The number of nitrogens with one attached hydrogen (secondary N) is 2. The molecule has 0 unspecified atom stereocenters. The Labute approximate surface area is 157 Å². The number of amides is 1.